The van der Waals surface area contributed by atoms with Gasteiger partial charge in [0.05, 0.1) is 11.4 Å². The van der Waals surface area contributed by atoms with E-state index in [-0.39, 0.29) is 5.91 Å². The van der Waals surface area contributed by atoms with Crippen LogP contribution in [0.3, 0.4) is 0 Å². The summed E-state index contributed by atoms with van der Waals surface area (Å²) in [7, 11) is 0. The normalized spacial score (nSPS) is 11.3. The molecule has 0 radical (unpaired) electrons. The number of nitrogens with zero attached hydrogens (tertiary/aromatic N) is 3. The van der Waals surface area contributed by atoms with Gasteiger partial charge in [0, 0.05) is 29.3 Å². The third-order valence-corrected chi connectivity index (χ3v) is 5.17. The first-order valence-electron chi connectivity index (χ1n) is 9.65. The van der Waals surface area contributed by atoms with Crippen molar-refractivity contribution in [2.75, 3.05) is 5.32 Å². The minimum absolute atomic E-state index is 0.268. The van der Waals surface area contributed by atoms with Gasteiger partial charge in [0.25, 0.3) is 5.91 Å². The second-order valence-electron chi connectivity index (χ2n) is 7.59. The number of anilines is 1. The number of aromatic nitrogens is 3. The van der Waals surface area contributed by atoms with Crippen LogP contribution in [0.5, 0.6) is 0 Å². The number of aryl methyl sites for hydroxylation is 1. The first kappa shape index (κ1) is 19.3. The van der Waals surface area contributed by atoms with Gasteiger partial charge in [0.2, 0.25) is 0 Å². The molecule has 1 amide bonds. The van der Waals surface area contributed by atoms with Crippen LogP contribution in [0.25, 0.3) is 16.6 Å². The lowest BCUT2D eigenvalue weighted by Gasteiger charge is -2.09. The van der Waals surface area contributed by atoms with Crippen LogP contribution in [0.1, 0.15) is 29.9 Å². The quantitative estimate of drug-likeness (QED) is 0.462. The smallest absolute Gasteiger partial charge is 0.260 e. The third-order valence-electron chi connectivity index (χ3n) is 4.82. The number of rotatable bonds is 5. The van der Waals surface area contributed by atoms with Gasteiger partial charge in [-0.3, -0.25) is 4.79 Å². The molecular formula is C23H23ClN4O. The van der Waals surface area contributed by atoms with E-state index in [4.69, 9.17) is 11.6 Å². The van der Waals surface area contributed by atoms with Crippen molar-refractivity contribution in [2.45, 2.75) is 27.3 Å². The van der Waals surface area contributed by atoms with Gasteiger partial charge in [-0.15, -0.1) is 0 Å². The van der Waals surface area contributed by atoms with Gasteiger partial charge in [-0.1, -0.05) is 43.6 Å². The Kier molecular flexibility index (Phi) is 5.16. The summed E-state index contributed by atoms with van der Waals surface area (Å²) >= 11 is 6.51. The minimum Gasteiger partial charge on any atom is -0.347 e. The van der Waals surface area contributed by atoms with Crippen LogP contribution in [0, 0.1) is 12.8 Å². The van der Waals surface area contributed by atoms with Crippen LogP contribution >= 0.6 is 11.6 Å². The molecule has 2 heterocycles. The molecule has 1 N–H and O–H groups in total. The molecule has 6 heteroatoms. The summed E-state index contributed by atoms with van der Waals surface area (Å²) in [6.45, 7) is 7.14. The van der Waals surface area contributed by atoms with Crippen molar-refractivity contribution < 1.29 is 4.79 Å². The van der Waals surface area contributed by atoms with E-state index in [0.29, 0.717) is 22.3 Å². The van der Waals surface area contributed by atoms with Crippen molar-refractivity contribution >= 4 is 34.1 Å². The highest BCUT2D eigenvalue weighted by Gasteiger charge is 2.21. The third kappa shape index (κ3) is 3.78. The van der Waals surface area contributed by atoms with Crippen molar-refractivity contribution in [1.29, 1.82) is 0 Å². The number of benzene rings is 2. The number of nitrogens with one attached hydrogen (secondary N) is 1. The van der Waals surface area contributed by atoms with Crippen LogP contribution in [0.2, 0.25) is 5.15 Å². The van der Waals surface area contributed by atoms with Gasteiger partial charge in [0.1, 0.15) is 10.7 Å². The fourth-order valence-corrected chi connectivity index (χ4v) is 3.88. The number of carbonyl (C=O) groups is 1. The molecule has 0 bridgehead atoms. The Hall–Kier alpha value is -3.05. The zero-order valence-electron chi connectivity index (χ0n) is 16.7. The Morgan fingerprint density at radius 3 is 2.62 bits per heavy atom. The van der Waals surface area contributed by atoms with Crippen molar-refractivity contribution in [3.63, 3.8) is 0 Å². The van der Waals surface area contributed by atoms with Gasteiger partial charge in [-0.2, -0.15) is 5.10 Å². The lowest BCUT2D eigenvalue weighted by atomic mass is 10.2. The Bertz CT molecular complexity index is 1170. The average molecular weight is 407 g/mol. The number of fused-ring (bicyclic) bond motifs is 1. The second-order valence-corrected chi connectivity index (χ2v) is 7.95. The van der Waals surface area contributed by atoms with E-state index in [1.807, 2.05) is 48.5 Å². The monoisotopic (exact) mass is 406 g/mol. The fourth-order valence-electron chi connectivity index (χ4n) is 3.52. The van der Waals surface area contributed by atoms with Gasteiger partial charge in [-0.25, -0.2) is 4.68 Å². The zero-order valence-corrected chi connectivity index (χ0v) is 17.4. The summed E-state index contributed by atoms with van der Waals surface area (Å²) in [5.41, 5.74) is 3.66. The molecule has 0 aliphatic rings. The second kappa shape index (κ2) is 7.76. The van der Waals surface area contributed by atoms with Crippen LogP contribution in [-0.4, -0.2) is 20.3 Å². The molecule has 0 aliphatic heterocycles. The first-order chi connectivity index (χ1) is 13.9. The maximum atomic E-state index is 12.9. The minimum atomic E-state index is -0.268. The number of hydrogen-bond acceptors (Lipinski definition) is 2. The Balaban J connectivity index is 1.61. The summed E-state index contributed by atoms with van der Waals surface area (Å²) in [6.07, 6.45) is 2.08. The highest BCUT2D eigenvalue weighted by Crippen LogP contribution is 2.26. The lowest BCUT2D eigenvalue weighted by Crippen LogP contribution is -2.13. The van der Waals surface area contributed by atoms with Gasteiger partial charge >= 0.3 is 0 Å². The molecular weight excluding hydrogens is 384 g/mol. The summed E-state index contributed by atoms with van der Waals surface area (Å²) in [6, 6.07) is 17.5. The topological polar surface area (TPSA) is 51.9 Å². The molecule has 0 unspecified atom stereocenters. The summed E-state index contributed by atoms with van der Waals surface area (Å²) in [5, 5.41) is 8.80. The van der Waals surface area contributed by atoms with E-state index in [2.05, 4.69) is 41.1 Å². The average Bonchev–Trinajstić information content (AvgIpc) is 3.22. The standard InChI is InChI=1S/C23H23ClN4O/c1-15(2)14-27-12-11-17-13-18(9-10-20(17)27)25-23(29)21-16(3)26-28(22(21)24)19-7-5-4-6-8-19/h4-13,15H,14H2,1-3H3,(H,25,29). The van der Waals surface area contributed by atoms with E-state index >= 15 is 0 Å². The molecule has 29 heavy (non-hydrogen) atoms. The first-order valence-corrected chi connectivity index (χ1v) is 10.0. The predicted octanol–water partition coefficient (Wildman–Crippen LogP) is 5.70. The molecule has 0 spiro atoms. The molecule has 0 aliphatic carbocycles. The molecule has 4 rings (SSSR count). The largest absolute Gasteiger partial charge is 0.347 e. The van der Waals surface area contributed by atoms with Crippen LogP contribution in [-0.2, 0) is 6.54 Å². The molecule has 2 aromatic carbocycles. The number of para-hydroxylation sites is 1. The summed E-state index contributed by atoms with van der Waals surface area (Å²) in [4.78, 5) is 12.9. The number of amides is 1. The molecule has 0 fully saturated rings. The van der Waals surface area contributed by atoms with Crippen molar-refractivity contribution in [2.24, 2.45) is 5.92 Å². The maximum absolute atomic E-state index is 12.9. The van der Waals surface area contributed by atoms with Gasteiger partial charge < -0.3 is 9.88 Å². The molecule has 2 aromatic heterocycles. The van der Waals surface area contributed by atoms with E-state index in [1.54, 1.807) is 11.6 Å². The van der Waals surface area contributed by atoms with E-state index < -0.39 is 0 Å². The number of hydrogen-bond donors (Lipinski definition) is 1. The van der Waals surface area contributed by atoms with Gasteiger partial charge in [0.15, 0.2) is 0 Å². The van der Waals surface area contributed by atoms with E-state index in [9.17, 15) is 4.79 Å². The number of carbonyl (C=O) groups excluding carboxylic acids is 1. The molecule has 148 valence electrons. The van der Waals surface area contributed by atoms with E-state index in [0.717, 1.165) is 28.8 Å². The molecule has 0 saturated heterocycles. The Labute approximate surface area is 174 Å². The highest BCUT2D eigenvalue weighted by molar-refractivity contribution is 6.34. The Morgan fingerprint density at radius 2 is 1.90 bits per heavy atom. The predicted molar refractivity (Wildman–Crippen MR) is 118 cm³/mol. The summed E-state index contributed by atoms with van der Waals surface area (Å²) in [5.74, 6) is 0.298. The maximum Gasteiger partial charge on any atom is 0.260 e. The summed E-state index contributed by atoms with van der Waals surface area (Å²) < 4.78 is 3.82. The van der Waals surface area contributed by atoms with Crippen LogP contribution in [0.15, 0.2) is 60.8 Å². The molecule has 5 nitrogen and oxygen atoms in total. The van der Waals surface area contributed by atoms with Gasteiger partial charge in [-0.05, 0) is 49.2 Å². The van der Waals surface area contributed by atoms with E-state index in [1.165, 1.54) is 0 Å². The number of halogens is 1. The van der Waals surface area contributed by atoms with Crippen LogP contribution in [0.4, 0.5) is 5.69 Å². The van der Waals surface area contributed by atoms with Crippen molar-refractivity contribution in [1.82, 2.24) is 14.3 Å². The fraction of sp³-hybridized carbons (Fsp3) is 0.217. The highest BCUT2D eigenvalue weighted by atomic mass is 35.5. The van der Waals surface area contributed by atoms with Crippen LogP contribution < -0.4 is 5.32 Å². The molecule has 0 saturated carbocycles. The zero-order chi connectivity index (χ0) is 20.5. The molecule has 4 aromatic rings. The SMILES string of the molecule is Cc1nn(-c2ccccc2)c(Cl)c1C(=O)Nc1ccc2c(ccn2CC(C)C)c1. The van der Waals surface area contributed by atoms with Crippen molar-refractivity contribution in [3.05, 3.63) is 77.2 Å². The molecule has 0 atom stereocenters. The lowest BCUT2D eigenvalue weighted by molar-refractivity contribution is 0.102. The van der Waals surface area contributed by atoms with Crippen molar-refractivity contribution in [3.8, 4) is 5.69 Å². The Morgan fingerprint density at radius 1 is 1.14 bits per heavy atom.